The average molecular weight is 352 g/mol. The first-order chi connectivity index (χ1) is 10.1. The lowest BCUT2D eigenvalue weighted by Gasteiger charge is -2.08. The average Bonchev–Trinajstić information content (AvgIpc) is 2.43. The number of nitrogens with zero attached hydrogens (tertiary/aromatic N) is 1. The fourth-order valence-corrected chi connectivity index (χ4v) is 2.49. The molecule has 2 rings (SSSR count). The highest BCUT2D eigenvalue weighted by molar-refractivity contribution is 9.10. The van der Waals surface area contributed by atoms with Gasteiger partial charge in [-0.1, -0.05) is 15.9 Å². The summed E-state index contributed by atoms with van der Waals surface area (Å²) in [5.41, 5.74) is 2.55. The molecule has 0 aliphatic heterocycles. The van der Waals surface area contributed by atoms with Crippen molar-refractivity contribution in [2.45, 2.75) is 13.5 Å². The summed E-state index contributed by atoms with van der Waals surface area (Å²) in [6.45, 7) is 3.87. The van der Waals surface area contributed by atoms with Crippen LogP contribution < -0.4 is 10.9 Å². The highest BCUT2D eigenvalue weighted by Crippen LogP contribution is 2.22. The number of H-pyrrole nitrogens is 1. The molecular weight excluding hydrogens is 334 g/mol. The standard InChI is InChI=1S/C15H18BrN3O2/c1-10-7-11(16)3-4-13(10)15-18-12(8-14(20)19-15)9-17-5-6-21-2/h3-4,7-8,17H,5-6,9H2,1-2H3,(H,18,19,20). The largest absolute Gasteiger partial charge is 0.383 e. The zero-order chi connectivity index (χ0) is 15.2. The second-order valence-corrected chi connectivity index (χ2v) is 5.63. The van der Waals surface area contributed by atoms with E-state index in [2.05, 4.69) is 31.2 Å². The van der Waals surface area contributed by atoms with Gasteiger partial charge in [0.1, 0.15) is 5.82 Å². The van der Waals surface area contributed by atoms with Gasteiger partial charge in [-0.05, 0) is 30.7 Å². The summed E-state index contributed by atoms with van der Waals surface area (Å²) in [4.78, 5) is 19.1. The fraction of sp³-hybridized carbons (Fsp3) is 0.333. The van der Waals surface area contributed by atoms with Crippen molar-refractivity contribution < 1.29 is 4.74 Å². The predicted octanol–water partition coefficient (Wildman–Crippen LogP) is 2.24. The maximum Gasteiger partial charge on any atom is 0.251 e. The van der Waals surface area contributed by atoms with Gasteiger partial charge in [-0.2, -0.15) is 0 Å². The van der Waals surface area contributed by atoms with Crippen LogP contribution in [0.5, 0.6) is 0 Å². The number of hydrogen-bond donors (Lipinski definition) is 2. The predicted molar refractivity (Wildman–Crippen MR) is 86.3 cm³/mol. The molecule has 2 aromatic rings. The first-order valence-electron chi connectivity index (χ1n) is 6.66. The summed E-state index contributed by atoms with van der Waals surface area (Å²) < 4.78 is 5.97. The van der Waals surface area contributed by atoms with E-state index >= 15 is 0 Å². The van der Waals surface area contributed by atoms with Crippen molar-refractivity contribution in [3.63, 3.8) is 0 Å². The smallest absolute Gasteiger partial charge is 0.251 e. The molecule has 0 saturated carbocycles. The van der Waals surface area contributed by atoms with E-state index in [-0.39, 0.29) is 5.56 Å². The lowest BCUT2D eigenvalue weighted by molar-refractivity contribution is 0.199. The van der Waals surface area contributed by atoms with Crippen molar-refractivity contribution in [2.24, 2.45) is 0 Å². The Balaban J connectivity index is 2.24. The van der Waals surface area contributed by atoms with Gasteiger partial charge >= 0.3 is 0 Å². The van der Waals surface area contributed by atoms with Crippen LogP contribution in [0.3, 0.4) is 0 Å². The van der Waals surface area contributed by atoms with Crippen molar-refractivity contribution in [1.29, 1.82) is 0 Å². The Morgan fingerprint density at radius 3 is 2.90 bits per heavy atom. The monoisotopic (exact) mass is 351 g/mol. The van der Waals surface area contributed by atoms with Crippen LogP contribution in [0.25, 0.3) is 11.4 Å². The maximum absolute atomic E-state index is 11.8. The van der Waals surface area contributed by atoms with E-state index in [0.717, 1.165) is 22.1 Å². The van der Waals surface area contributed by atoms with Crippen LogP contribution in [0, 0.1) is 6.92 Å². The molecule has 5 nitrogen and oxygen atoms in total. The molecule has 1 heterocycles. The second-order valence-electron chi connectivity index (χ2n) is 4.71. The van der Waals surface area contributed by atoms with Crippen molar-refractivity contribution in [3.8, 4) is 11.4 Å². The summed E-state index contributed by atoms with van der Waals surface area (Å²) in [5.74, 6) is 0.594. The number of nitrogens with one attached hydrogen (secondary N) is 2. The van der Waals surface area contributed by atoms with Crippen LogP contribution in [0.2, 0.25) is 0 Å². The molecule has 0 atom stereocenters. The van der Waals surface area contributed by atoms with Crippen molar-refractivity contribution >= 4 is 15.9 Å². The number of aromatic nitrogens is 2. The fourth-order valence-electron chi connectivity index (χ4n) is 2.01. The first kappa shape index (κ1) is 15.9. The molecule has 0 aliphatic carbocycles. The number of aromatic amines is 1. The molecule has 0 saturated heterocycles. The number of methoxy groups -OCH3 is 1. The number of benzene rings is 1. The number of rotatable bonds is 6. The lowest BCUT2D eigenvalue weighted by atomic mass is 10.1. The number of halogens is 1. The molecule has 1 aromatic carbocycles. The Kier molecular flexibility index (Phi) is 5.67. The normalized spacial score (nSPS) is 10.8. The highest BCUT2D eigenvalue weighted by atomic mass is 79.9. The van der Waals surface area contributed by atoms with E-state index in [1.54, 1.807) is 7.11 Å². The summed E-state index contributed by atoms with van der Waals surface area (Å²) in [6.07, 6.45) is 0. The highest BCUT2D eigenvalue weighted by Gasteiger charge is 2.07. The molecule has 2 N–H and O–H groups in total. The Hall–Kier alpha value is -1.50. The topological polar surface area (TPSA) is 67.0 Å². The van der Waals surface area contributed by atoms with Gasteiger partial charge < -0.3 is 15.0 Å². The Morgan fingerprint density at radius 1 is 1.38 bits per heavy atom. The third-order valence-electron chi connectivity index (χ3n) is 3.03. The van der Waals surface area contributed by atoms with Crippen LogP contribution >= 0.6 is 15.9 Å². The van der Waals surface area contributed by atoms with Gasteiger partial charge in [0.15, 0.2) is 0 Å². The van der Waals surface area contributed by atoms with E-state index in [1.165, 1.54) is 6.07 Å². The third-order valence-corrected chi connectivity index (χ3v) is 3.52. The van der Waals surface area contributed by atoms with Gasteiger partial charge in [0, 0.05) is 36.3 Å². The minimum atomic E-state index is -0.147. The molecule has 0 radical (unpaired) electrons. The first-order valence-corrected chi connectivity index (χ1v) is 7.46. The summed E-state index contributed by atoms with van der Waals surface area (Å²) in [6, 6.07) is 7.39. The van der Waals surface area contributed by atoms with Gasteiger partial charge in [-0.3, -0.25) is 4.79 Å². The quantitative estimate of drug-likeness (QED) is 0.783. The zero-order valence-electron chi connectivity index (χ0n) is 12.1. The maximum atomic E-state index is 11.8. The summed E-state index contributed by atoms with van der Waals surface area (Å²) in [5, 5.41) is 3.18. The molecule has 0 unspecified atom stereocenters. The molecule has 0 spiro atoms. The second kappa shape index (κ2) is 7.49. The Bertz CT molecular complexity index is 670. The molecule has 21 heavy (non-hydrogen) atoms. The van der Waals surface area contributed by atoms with Crippen molar-refractivity contribution in [3.05, 3.63) is 50.3 Å². The van der Waals surface area contributed by atoms with Crippen LogP contribution in [0.1, 0.15) is 11.3 Å². The van der Waals surface area contributed by atoms with Crippen LogP contribution in [0.15, 0.2) is 33.5 Å². The molecule has 0 fully saturated rings. The van der Waals surface area contributed by atoms with Gasteiger partial charge in [0.2, 0.25) is 0 Å². The Labute approximate surface area is 131 Å². The summed E-state index contributed by atoms with van der Waals surface area (Å²) in [7, 11) is 1.65. The SMILES string of the molecule is COCCNCc1cc(=O)[nH]c(-c2ccc(Br)cc2C)n1. The van der Waals surface area contributed by atoms with E-state index in [1.807, 2.05) is 25.1 Å². The van der Waals surface area contributed by atoms with Crippen LogP contribution in [-0.2, 0) is 11.3 Å². The molecule has 0 aliphatic rings. The molecule has 6 heteroatoms. The van der Waals surface area contributed by atoms with E-state index in [0.29, 0.717) is 24.7 Å². The van der Waals surface area contributed by atoms with Gasteiger partial charge in [0.05, 0.1) is 12.3 Å². The molecule has 0 bridgehead atoms. The molecule has 0 amide bonds. The van der Waals surface area contributed by atoms with E-state index in [9.17, 15) is 4.79 Å². The number of hydrogen-bond acceptors (Lipinski definition) is 4. The Morgan fingerprint density at radius 2 is 2.19 bits per heavy atom. The minimum absolute atomic E-state index is 0.147. The zero-order valence-corrected chi connectivity index (χ0v) is 13.7. The van der Waals surface area contributed by atoms with Gasteiger partial charge in [-0.25, -0.2) is 4.98 Å². The minimum Gasteiger partial charge on any atom is -0.383 e. The number of aryl methyl sites for hydroxylation is 1. The lowest BCUT2D eigenvalue weighted by Crippen LogP contribution is -2.21. The van der Waals surface area contributed by atoms with Gasteiger partial charge in [-0.15, -0.1) is 0 Å². The third kappa shape index (κ3) is 4.49. The van der Waals surface area contributed by atoms with Gasteiger partial charge in [0.25, 0.3) is 5.56 Å². The summed E-state index contributed by atoms with van der Waals surface area (Å²) >= 11 is 3.43. The van der Waals surface area contributed by atoms with Crippen LogP contribution in [0.4, 0.5) is 0 Å². The van der Waals surface area contributed by atoms with E-state index < -0.39 is 0 Å². The number of ether oxygens (including phenoxy) is 1. The molecular formula is C15H18BrN3O2. The molecule has 112 valence electrons. The molecule has 1 aromatic heterocycles. The van der Waals surface area contributed by atoms with Crippen LogP contribution in [-0.4, -0.2) is 30.2 Å². The van der Waals surface area contributed by atoms with E-state index in [4.69, 9.17) is 4.74 Å². The van der Waals surface area contributed by atoms with Crippen molar-refractivity contribution in [1.82, 2.24) is 15.3 Å². The van der Waals surface area contributed by atoms with Crippen molar-refractivity contribution in [2.75, 3.05) is 20.3 Å².